The minimum Gasteiger partial charge on any atom is -0.333 e. The smallest absolute Gasteiger partial charge is 0.130 e. The van der Waals surface area contributed by atoms with Crippen molar-refractivity contribution in [3.05, 3.63) is 47.8 Å². The second kappa shape index (κ2) is 7.20. The Labute approximate surface area is 121 Å². The molecule has 2 rings (SSSR count). The molecule has 0 aliphatic heterocycles. The van der Waals surface area contributed by atoms with E-state index in [1.54, 1.807) is 0 Å². The molecule has 0 aromatic carbocycles. The molecule has 1 unspecified atom stereocenters. The van der Waals surface area contributed by atoms with Crippen LogP contribution in [0, 0.1) is 6.92 Å². The van der Waals surface area contributed by atoms with Crippen molar-refractivity contribution in [2.75, 3.05) is 6.54 Å². The fourth-order valence-electron chi connectivity index (χ4n) is 2.42. The van der Waals surface area contributed by atoms with Gasteiger partial charge in [0.2, 0.25) is 0 Å². The summed E-state index contributed by atoms with van der Waals surface area (Å²) in [6.07, 6.45) is 9.95. The standard InChI is InChI=1S/C16H24N4/c1-4-7-18-15(14-12-17-8-6-13(14)3)16-19-9-11-20(16)10-5-2/h6,8-9,11-12,15,18H,4-5,7,10H2,1-3H3. The SMILES string of the molecule is CCCNC(c1cnccc1C)c1nccn1CCC. The number of aromatic nitrogens is 3. The molecule has 0 saturated heterocycles. The lowest BCUT2D eigenvalue weighted by atomic mass is 10.0. The number of imidazole rings is 1. The molecule has 0 spiro atoms. The number of nitrogens with one attached hydrogen (secondary N) is 1. The summed E-state index contributed by atoms with van der Waals surface area (Å²) >= 11 is 0. The van der Waals surface area contributed by atoms with Crippen molar-refractivity contribution in [3.63, 3.8) is 0 Å². The van der Waals surface area contributed by atoms with Crippen LogP contribution in [0.5, 0.6) is 0 Å². The van der Waals surface area contributed by atoms with Crippen molar-refractivity contribution in [3.8, 4) is 0 Å². The van der Waals surface area contributed by atoms with Gasteiger partial charge in [-0.1, -0.05) is 13.8 Å². The van der Waals surface area contributed by atoms with Gasteiger partial charge in [0.1, 0.15) is 5.82 Å². The van der Waals surface area contributed by atoms with Gasteiger partial charge in [0.05, 0.1) is 6.04 Å². The molecule has 0 fully saturated rings. The van der Waals surface area contributed by atoms with Crippen LogP contribution in [0.3, 0.4) is 0 Å². The molecule has 2 aromatic heterocycles. The number of nitrogens with zero attached hydrogens (tertiary/aromatic N) is 3. The molecule has 20 heavy (non-hydrogen) atoms. The summed E-state index contributed by atoms with van der Waals surface area (Å²) in [5.41, 5.74) is 2.46. The molecule has 1 N–H and O–H groups in total. The van der Waals surface area contributed by atoms with Crippen molar-refractivity contribution >= 4 is 0 Å². The van der Waals surface area contributed by atoms with Crippen LogP contribution in [0.15, 0.2) is 30.9 Å². The zero-order chi connectivity index (χ0) is 14.4. The summed E-state index contributed by atoms with van der Waals surface area (Å²) in [6, 6.07) is 2.17. The van der Waals surface area contributed by atoms with Crippen molar-refractivity contribution < 1.29 is 0 Å². The number of rotatable bonds is 7. The maximum Gasteiger partial charge on any atom is 0.130 e. The highest BCUT2D eigenvalue weighted by molar-refractivity contribution is 5.30. The van der Waals surface area contributed by atoms with E-state index in [9.17, 15) is 0 Å². The predicted octanol–water partition coefficient (Wildman–Crippen LogP) is 3.09. The molecule has 0 bridgehead atoms. The molecule has 0 amide bonds. The van der Waals surface area contributed by atoms with E-state index in [-0.39, 0.29) is 6.04 Å². The largest absolute Gasteiger partial charge is 0.333 e. The molecule has 2 heterocycles. The monoisotopic (exact) mass is 272 g/mol. The van der Waals surface area contributed by atoms with Crippen LogP contribution >= 0.6 is 0 Å². The summed E-state index contributed by atoms with van der Waals surface area (Å²) in [7, 11) is 0. The fourth-order valence-corrected chi connectivity index (χ4v) is 2.42. The second-order valence-corrected chi connectivity index (χ2v) is 5.10. The lowest BCUT2D eigenvalue weighted by Gasteiger charge is -2.21. The Morgan fingerprint density at radius 2 is 2.10 bits per heavy atom. The summed E-state index contributed by atoms with van der Waals surface area (Å²) in [4.78, 5) is 8.86. The summed E-state index contributed by atoms with van der Waals surface area (Å²) < 4.78 is 2.24. The zero-order valence-corrected chi connectivity index (χ0v) is 12.6. The van der Waals surface area contributed by atoms with Gasteiger partial charge in [-0.05, 0) is 43.5 Å². The number of aryl methyl sites for hydroxylation is 2. The Bertz CT molecular complexity index is 533. The normalized spacial score (nSPS) is 12.6. The third-order valence-corrected chi connectivity index (χ3v) is 3.46. The van der Waals surface area contributed by atoms with Gasteiger partial charge in [0, 0.05) is 31.3 Å². The molecule has 0 aliphatic carbocycles. The molecule has 0 aliphatic rings. The van der Waals surface area contributed by atoms with Crippen molar-refractivity contribution in [2.24, 2.45) is 0 Å². The van der Waals surface area contributed by atoms with Gasteiger partial charge >= 0.3 is 0 Å². The lowest BCUT2D eigenvalue weighted by Crippen LogP contribution is -2.27. The Balaban J connectivity index is 2.37. The van der Waals surface area contributed by atoms with Crippen LogP contribution in [0.1, 0.15) is 49.7 Å². The van der Waals surface area contributed by atoms with Crippen molar-refractivity contribution in [1.82, 2.24) is 19.9 Å². The van der Waals surface area contributed by atoms with Crippen molar-refractivity contribution in [2.45, 2.75) is 46.2 Å². The van der Waals surface area contributed by atoms with E-state index < -0.39 is 0 Å². The van der Waals surface area contributed by atoms with Gasteiger partial charge < -0.3 is 9.88 Å². The van der Waals surface area contributed by atoms with Gasteiger partial charge in [0.15, 0.2) is 0 Å². The Morgan fingerprint density at radius 3 is 2.80 bits per heavy atom. The van der Waals surface area contributed by atoms with E-state index in [4.69, 9.17) is 0 Å². The highest BCUT2D eigenvalue weighted by Crippen LogP contribution is 2.23. The molecular weight excluding hydrogens is 248 g/mol. The molecule has 0 saturated carbocycles. The van der Waals surface area contributed by atoms with Crippen molar-refractivity contribution in [1.29, 1.82) is 0 Å². The van der Waals surface area contributed by atoms with Crippen LogP contribution in [0.4, 0.5) is 0 Å². The minimum absolute atomic E-state index is 0.116. The Hall–Kier alpha value is -1.68. The fraction of sp³-hybridized carbons (Fsp3) is 0.500. The Kier molecular flexibility index (Phi) is 5.30. The van der Waals surface area contributed by atoms with Crippen LogP contribution in [0.25, 0.3) is 0 Å². The molecule has 1 atom stereocenters. The van der Waals surface area contributed by atoms with Crippen LogP contribution < -0.4 is 5.32 Å². The average molecular weight is 272 g/mol. The van der Waals surface area contributed by atoms with E-state index in [0.717, 1.165) is 31.8 Å². The molecule has 108 valence electrons. The first-order valence-corrected chi connectivity index (χ1v) is 7.42. The van der Waals surface area contributed by atoms with E-state index in [0.29, 0.717) is 0 Å². The summed E-state index contributed by atoms with van der Waals surface area (Å²) in [5.74, 6) is 1.08. The molecule has 4 nitrogen and oxygen atoms in total. The number of hydrogen-bond donors (Lipinski definition) is 1. The first kappa shape index (κ1) is 14.7. The average Bonchev–Trinajstić information content (AvgIpc) is 2.90. The van der Waals surface area contributed by atoms with Gasteiger partial charge in [-0.15, -0.1) is 0 Å². The van der Waals surface area contributed by atoms with Crippen LogP contribution in [0.2, 0.25) is 0 Å². The van der Waals surface area contributed by atoms with Gasteiger partial charge in [-0.25, -0.2) is 4.98 Å². The van der Waals surface area contributed by atoms with Gasteiger partial charge in [-0.3, -0.25) is 4.98 Å². The maximum atomic E-state index is 4.58. The number of pyridine rings is 1. The summed E-state index contributed by atoms with van der Waals surface area (Å²) in [6.45, 7) is 8.47. The van der Waals surface area contributed by atoms with E-state index in [1.807, 2.05) is 18.6 Å². The second-order valence-electron chi connectivity index (χ2n) is 5.10. The van der Waals surface area contributed by atoms with Gasteiger partial charge in [0.25, 0.3) is 0 Å². The third kappa shape index (κ3) is 3.25. The lowest BCUT2D eigenvalue weighted by molar-refractivity contribution is 0.527. The molecule has 0 radical (unpaired) electrons. The third-order valence-electron chi connectivity index (χ3n) is 3.46. The molecule has 2 aromatic rings. The Morgan fingerprint density at radius 1 is 1.25 bits per heavy atom. The molecular formula is C16H24N4. The predicted molar refractivity (Wildman–Crippen MR) is 81.6 cm³/mol. The quantitative estimate of drug-likeness (QED) is 0.842. The molecule has 4 heteroatoms. The number of hydrogen-bond acceptors (Lipinski definition) is 3. The maximum absolute atomic E-state index is 4.58. The van der Waals surface area contributed by atoms with E-state index >= 15 is 0 Å². The van der Waals surface area contributed by atoms with Crippen LogP contribution in [-0.4, -0.2) is 21.1 Å². The van der Waals surface area contributed by atoms with E-state index in [1.165, 1.54) is 11.1 Å². The van der Waals surface area contributed by atoms with Gasteiger partial charge in [-0.2, -0.15) is 0 Å². The van der Waals surface area contributed by atoms with Crippen LogP contribution in [-0.2, 0) is 6.54 Å². The first-order chi connectivity index (χ1) is 9.77. The zero-order valence-electron chi connectivity index (χ0n) is 12.6. The minimum atomic E-state index is 0.116. The van der Waals surface area contributed by atoms with E-state index in [2.05, 4.69) is 52.9 Å². The topological polar surface area (TPSA) is 42.7 Å². The highest BCUT2D eigenvalue weighted by Gasteiger charge is 2.20. The summed E-state index contributed by atoms with van der Waals surface area (Å²) in [5, 5.41) is 3.60. The highest BCUT2D eigenvalue weighted by atomic mass is 15.1. The first-order valence-electron chi connectivity index (χ1n) is 7.42.